The Kier molecular flexibility index (Phi) is 7.21. The Bertz CT molecular complexity index is 1070. The molecule has 0 spiro atoms. The highest BCUT2D eigenvalue weighted by Crippen LogP contribution is 2.49. The van der Waals surface area contributed by atoms with Crippen LogP contribution in [0.3, 0.4) is 0 Å². The van der Waals surface area contributed by atoms with E-state index in [0.29, 0.717) is 28.3 Å². The van der Waals surface area contributed by atoms with Crippen molar-refractivity contribution in [3.8, 4) is 11.5 Å². The number of benzene rings is 2. The first kappa shape index (κ1) is 24.2. The number of rotatable bonds is 8. The van der Waals surface area contributed by atoms with Gasteiger partial charge >= 0.3 is 0 Å². The number of amides is 1. The van der Waals surface area contributed by atoms with Crippen molar-refractivity contribution in [3.05, 3.63) is 53.1 Å². The second-order valence-electron chi connectivity index (χ2n) is 9.04. The van der Waals surface area contributed by atoms with Crippen LogP contribution in [0.4, 0.5) is 5.69 Å². The Morgan fingerprint density at radius 1 is 1.09 bits per heavy atom. The first-order chi connectivity index (χ1) is 16.3. The van der Waals surface area contributed by atoms with Gasteiger partial charge in [0.05, 0.1) is 13.2 Å². The van der Waals surface area contributed by atoms with Crippen LogP contribution in [0.5, 0.6) is 11.5 Å². The molecule has 4 rings (SSSR count). The third-order valence-electron chi connectivity index (χ3n) is 6.56. The van der Waals surface area contributed by atoms with Crippen molar-refractivity contribution < 1.29 is 29.3 Å². The Morgan fingerprint density at radius 2 is 1.82 bits per heavy atom. The third kappa shape index (κ3) is 4.80. The lowest BCUT2D eigenvalue weighted by molar-refractivity contribution is -0.129. The molecule has 1 amide bonds. The molecule has 3 unspecified atom stereocenters. The molecular weight excluding hydrogens is 436 g/mol. The number of fused-ring (bicyclic) bond motifs is 1. The number of carbonyl (C=O) groups excluding carboxylic acids is 2. The van der Waals surface area contributed by atoms with Crippen LogP contribution in [0, 0.1) is 0 Å². The van der Waals surface area contributed by atoms with E-state index in [2.05, 4.69) is 5.32 Å². The first-order valence-corrected chi connectivity index (χ1v) is 11.7. The molecule has 8 heteroatoms. The van der Waals surface area contributed by atoms with Crippen molar-refractivity contribution in [1.29, 1.82) is 0 Å². The van der Waals surface area contributed by atoms with Gasteiger partial charge in [0.15, 0.2) is 11.5 Å². The van der Waals surface area contributed by atoms with Crippen LogP contribution in [0.1, 0.15) is 81.1 Å². The summed E-state index contributed by atoms with van der Waals surface area (Å²) in [6.07, 6.45) is 2.02. The number of aliphatic hydroxyl groups is 2. The number of carbonyl (C=O) groups is 2. The minimum atomic E-state index is -1.22. The Balaban J connectivity index is 1.72. The van der Waals surface area contributed by atoms with Crippen LogP contribution < -0.4 is 14.8 Å². The predicted molar refractivity (Wildman–Crippen MR) is 126 cm³/mol. The van der Waals surface area contributed by atoms with E-state index in [9.17, 15) is 19.8 Å². The maximum absolute atomic E-state index is 12.3. The smallest absolute Gasteiger partial charge is 0.221 e. The molecule has 2 aromatic carbocycles. The summed E-state index contributed by atoms with van der Waals surface area (Å²) in [4.78, 5) is 25.4. The van der Waals surface area contributed by atoms with Gasteiger partial charge in [-0.15, -0.1) is 0 Å². The van der Waals surface area contributed by atoms with Gasteiger partial charge < -0.3 is 25.0 Å². The maximum atomic E-state index is 12.3. The fourth-order valence-electron chi connectivity index (χ4n) is 5.03. The largest absolute Gasteiger partial charge is 0.493 e. The number of methoxy groups -OCH3 is 1. The topological polar surface area (TPSA) is 108 Å². The highest BCUT2D eigenvalue weighted by Gasteiger charge is 2.43. The van der Waals surface area contributed by atoms with Gasteiger partial charge in [0.25, 0.3) is 0 Å². The summed E-state index contributed by atoms with van der Waals surface area (Å²) >= 11 is 0. The molecule has 8 nitrogen and oxygen atoms in total. The summed E-state index contributed by atoms with van der Waals surface area (Å²) in [7, 11) is 1.58. The standard InChI is InChI=1S/C26H32N2O6/c1-15(29)13-21(17-11-12-22(33-3)23(14-17)34-18-7-4-5-8-18)28-25(31)19-9-6-10-20(27-16(2)30)24(19)26(28)32/h6,9-12,14,18,21,25-26,31-32H,4-5,7-8,13H2,1-3H3,(H,27,30). The summed E-state index contributed by atoms with van der Waals surface area (Å²) in [6.45, 7) is 2.87. The van der Waals surface area contributed by atoms with Crippen LogP contribution >= 0.6 is 0 Å². The monoisotopic (exact) mass is 468 g/mol. The fraction of sp³-hybridized carbons (Fsp3) is 0.462. The van der Waals surface area contributed by atoms with Gasteiger partial charge in [0, 0.05) is 36.2 Å². The molecule has 1 heterocycles. The number of Topliss-reactive ketones (excluding diaryl/α,β-unsaturated/α-hetero) is 1. The molecule has 0 saturated heterocycles. The average molecular weight is 469 g/mol. The molecule has 1 aliphatic carbocycles. The molecule has 34 heavy (non-hydrogen) atoms. The van der Waals surface area contributed by atoms with Gasteiger partial charge in [-0.2, -0.15) is 0 Å². The van der Waals surface area contributed by atoms with Crippen LogP contribution in [0.25, 0.3) is 0 Å². The lowest BCUT2D eigenvalue weighted by Gasteiger charge is -2.33. The van der Waals surface area contributed by atoms with E-state index < -0.39 is 18.5 Å². The number of hydrogen-bond acceptors (Lipinski definition) is 7. The normalized spacial score (nSPS) is 21.2. The van der Waals surface area contributed by atoms with E-state index in [4.69, 9.17) is 9.47 Å². The minimum Gasteiger partial charge on any atom is -0.493 e. The van der Waals surface area contributed by atoms with Gasteiger partial charge in [-0.25, -0.2) is 4.90 Å². The molecule has 1 aliphatic heterocycles. The van der Waals surface area contributed by atoms with Gasteiger partial charge in [-0.3, -0.25) is 9.59 Å². The van der Waals surface area contributed by atoms with Gasteiger partial charge in [0.2, 0.25) is 5.91 Å². The van der Waals surface area contributed by atoms with Crippen molar-refractivity contribution >= 4 is 17.4 Å². The SMILES string of the molecule is COc1ccc(C(CC(C)=O)N2C(O)c3cccc(NC(C)=O)c3C2O)cc1OC1CCCC1. The molecule has 182 valence electrons. The number of nitrogens with zero attached hydrogens (tertiary/aromatic N) is 1. The summed E-state index contributed by atoms with van der Waals surface area (Å²) in [6, 6.07) is 9.93. The second kappa shape index (κ2) is 10.1. The van der Waals surface area contributed by atoms with E-state index in [1.807, 2.05) is 12.1 Å². The lowest BCUT2D eigenvalue weighted by atomic mass is 9.99. The molecule has 2 aliphatic rings. The van der Waals surface area contributed by atoms with Crippen LogP contribution in [0.2, 0.25) is 0 Å². The number of ketones is 1. The highest BCUT2D eigenvalue weighted by molar-refractivity contribution is 5.90. The molecule has 1 saturated carbocycles. The summed E-state index contributed by atoms with van der Waals surface area (Å²) in [5.74, 6) is 0.810. The molecule has 1 fully saturated rings. The number of hydrogen-bond donors (Lipinski definition) is 3. The van der Waals surface area contributed by atoms with Crippen LogP contribution in [-0.2, 0) is 9.59 Å². The van der Waals surface area contributed by atoms with Gasteiger partial charge in [-0.05, 0) is 56.4 Å². The van der Waals surface area contributed by atoms with E-state index in [-0.39, 0.29) is 24.2 Å². The highest BCUT2D eigenvalue weighted by atomic mass is 16.5. The molecule has 0 radical (unpaired) electrons. The zero-order chi connectivity index (χ0) is 24.4. The Hall–Kier alpha value is -2.94. The summed E-state index contributed by atoms with van der Waals surface area (Å²) in [5, 5.41) is 25.2. The van der Waals surface area contributed by atoms with Crippen LogP contribution in [-0.4, -0.2) is 40.0 Å². The van der Waals surface area contributed by atoms with Gasteiger partial charge in [-0.1, -0.05) is 18.2 Å². The number of nitrogens with one attached hydrogen (secondary N) is 1. The quantitative estimate of drug-likeness (QED) is 0.537. The maximum Gasteiger partial charge on any atom is 0.221 e. The minimum absolute atomic E-state index is 0.0762. The first-order valence-electron chi connectivity index (χ1n) is 11.7. The fourth-order valence-corrected chi connectivity index (χ4v) is 5.03. The second-order valence-corrected chi connectivity index (χ2v) is 9.04. The lowest BCUT2D eigenvalue weighted by Crippen LogP contribution is -2.32. The summed E-state index contributed by atoms with van der Waals surface area (Å²) in [5.41, 5.74) is 2.06. The van der Waals surface area contributed by atoms with E-state index in [1.54, 1.807) is 31.4 Å². The summed E-state index contributed by atoms with van der Waals surface area (Å²) < 4.78 is 11.7. The van der Waals surface area contributed by atoms with Crippen molar-refractivity contribution in [3.63, 3.8) is 0 Å². The Morgan fingerprint density at radius 3 is 2.47 bits per heavy atom. The average Bonchev–Trinajstić information content (AvgIpc) is 3.39. The van der Waals surface area contributed by atoms with Gasteiger partial charge in [0.1, 0.15) is 18.2 Å². The zero-order valence-electron chi connectivity index (χ0n) is 19.8. The number of anilines is 1. The van der Waals surface area contributed by atoms with Crippen molar-refractivity contribution in [2.75, 3.05) is 12.4 Å². The zero-order valence-corrected chi connectivity index (χ0v) is 19.8. The van der Waals surface area contributed by atoms with Crippen LogP contribution in [0.15, 0.2) is 36.4 Å². The third-order valence-corrected chi connectivity index (χ3v) is 6.56. The van der Waals surface area contributed by atoms with E-state index in [1.165, 1.54) is 18.7 Å². The molecule has 3 N–H and O–H groups in total. The van der Waals surface area contributed by atoms with Crippen molar-refractivity contribution in [1.82, 2.24) is 4.90 Å². The number of aliphatic hydroxyl groups excluding tert-OH is 2. The molecule has 2 aromatic rings. The van der Waals surface area contributed by atoms with Crippen molar-refractivity contribution in [2.45, 2.75) is 70.6 Å². The molecule has 0 bridgehead atoms. The Labute approximate surface area is 199 Å². The molecule has 0 aromatic heterocycles. The van der Waals surface area contributed by atoms with Crippen molar-refractivity contribution in [2.24, 2.45) is 0 Å². The molecular formula is C26H32N2O6. The van der Waals surface area contributed by atoms with E-state index in [0.717, 1.165) is 31.2 Å². The van der Waals surface area contributed by atoms with E-state index >= 15 is 0 Å². The number of ether oxygens (including phenoxy) is 2. The predicted octanol–water partition coefficient (Wildman–Crippen LogP) is 3.99. The molecule has 3 atom stereocenters.